The van der Waals surface area contributed by atoms with Crippen LogP contribution in [0.1, 0.15) is 31.1 Å². The van der Waals surface area contributed by atoms with Crippen molar-refractivity contribution in [2.75, 3.05) is 0 Å². The Bertz CT molecular complexity index is 616. The fraction of sp³-hybridized carbons (Fsp3) is 0.400. The number of carbonyl (C=O) groups is 1. The van der Waals surface area contributed by atoms with Crippen molar-refractivity contribution < 1.29 is 4.79 Å². The van der Waals surface area contributed by atoms with Crippen molar-refractivity contribution in [3.05, 3.63) is 47.8 Å². The summed E-state index contributed by atoms with van der Waals surface area (Å²) in [6.45, 7) is 6.31. The van der Waals surface area contributed by atoms with Crippen molar-refractivity contribution in [1.82, 2.24) is 14.5 Å². The second kappa shape index (κ2) is 5.45. The maximum absolute atomic E-state index is 11.4. The molecule has 0 aliphatic carbocycles. The van der Waals surface area contributed by atoms with Crippen LogP contribution >= 0.6 is 0 Å². The highest BCUT2D eigenvalue weighted by molar-refractivity contribution is 5.80. The molecular weight excluding hydrogens is 252 g/mol. The fourth-order valence-corrected chi connectivity index (χ4v) is 2.00. The van der Waals surface area contributed by atoms with E-state index in [1.165, 1.54) is 0 Å². The molecule has 0 radical (unpaired) electrons. The molecular formula is C15H20N4O. The predicted octanol–water partition coefficient (Wildman–Crippen LogP) is 1.69. The van der Waals surface area contributed by atoms with E-state index in [9.17, 15) is 4.79 Å². The number of primary amides is 1. The van der Waals surface area contributed by atoms with Crippen LogP contribution in [0.5, 0.6) is 0 Å². The van der Waals surface area contributed by atoms with Gasteiger partial charge in [0.2, 0.25) is 5.91 Å². The number of carbonyl (C=O) groups excluding carboxylic acids is 1. The number of rotatable bonds is 5. The highest BCUT2D eigenvalue weighted by atomic mass is 16.1. The van der Waals surface area contributed by atoms with E-state index >= 15 is 0 Å². The van der Waals surface area contributed by atoms with Crippen molar-refractivity contribution >= 4 is 5.91 Å². The van der Waals surface area contributed by atoms with Gasteiger partial charge >= 0.3 is 0 Å². The Morgan fingerprint density at radius 1 is 1.35 bits per heavy atom. The molecule has 1 amide bonds. The molecule has 0 aliphatic rings. The fourth-order valence-electron chi connectivity index (χ4n) is 2.00. The van der Waals surface area contributed by atoms with Crippen LogP contribution in [0.15, 0.2) is 30.6 Å². The van der Waals surface area contributed by atoms with E-state index in [0.29, 0.717) is 13.0 Å². The molecule has 5 heteroatoms. The van der Waals surface area contributed by atoms with Crippen LogP contribution in [0.4, 0.5) is 0 Å². The lowest BCUT2D eigenvalue weighted by molar-refractivity contribution is -0.125. The Morgan fingerprint density at radius 2 is 2.05 bits per heavy atom. The normalized spacial score (nSPS) is 11.6. The molecule has 2 aromatic rings. The van der Waals surface area contributed by atoms with Gasteiger partial charge in [-0.15, -0.1) is 0 Å². The summed E-state index contributed by atoms with van der Waals surface area (Å²) in [5.41, 5.74) is 6.65. The molecule has 0 bridgehead atoms. The second-order valence-electron chi connectivity index (χ2n) is 5.65. The zero-order valence-corrected chi connectivity index (χ0v) is 12.1. The smallest absolute Gasteiger partial charge is 0.223 e. The SMILES string of the molecule is Cc1nccn1Cc1cccc(CC(C)(C)C(N)=O)n1. The van der Waals surface area contributed by atoms with E-state index in [-0.39, 0.29) is 5.91 Å². The van der Waals surface area contributed by atoms with Crippen LogP contribution in [-0.2, 0) is 17.8 Å². The van der Waals surface area contributed by atoms with E-state index in [1.807, 2.05) is 49.7 Å². The van der Waals surface area contributed by atoms with Gasteiger partial charge in [0, 0.05) is 29.9 Å². The molecule has 2 N–H and O–H groups in total. The number of hydrogen-bond donors (Lipinski definition) is 1. The monoisotopic (exact) mass is 272 g/mol. The Morgan fingerprint density at radius 3 is 2.65 bits per heavy atom. The summed E-state index contributed by atoms with van der Waals surface area (Å²) < 4.78 is 2.03. The summed E-state index contributed by atoms with van der Waals surface area (Å²) in [6, 6.07) is 5.86. The summed E-state index contributed by atoms with van der Waals surface area (Å²) in [5, 5.41) is 0. The molecule has 0 saturated heterocycles. The van der Waals surface area contributed by atoms with Crippen LogP contribution in [0.25, 0.3) is 0 Å². The van der Waals surface area contributed by atoms with Gasteiger partial charge in [-0.2, -0.15) is 0 Å². The number of aryl methyl sites for hydroxylation is 1. The Balaban J connectivity index is 2.16. The standard InChI is InChI=1S/C15H20N4O/c1-11-17-7-8-19(11)10-13-6-4-5-12(18-13)9-15(2,3)14(16)20/h4-8H,9-10H2,1-3H3,(H2,16,20). The van der Waals surface area contributed by atoms with Gasteiger partial charge in [-0.3, -0.25) is 9.78 Å². The Labute approximate surface area is 118 Å². The average Bonchev–Trinajstić information content (AvgIpc) is 2.75. The van der Waals surface area contributed by atoms with Gasteiger partial charge in [0.05, 0.1) is 12.2 Å². The minimum atomic E-state index is -0.587. The lowest BCUT2D eigenvalue weighted by atomic mass is 9.87. The van der Waals surface area contributed by atoms with Crippen molar-refractivity contribution in [2.45, 2.75) is 33.7 Å². The molecule has 0 aromatic carbocycles. The van der Waals surface area contributed by atoms with Crippen molar-refractivity contribution in [1.29, 1.82) is 0 Å². The molecule has 0 unspecified atom stereocenters. The van der Waals surface area contributed by atoms with Gasteiger partial charge in [-0.1, -0.05) is 19.9 Å². The molecule has 106 valence electrons. The third-order valence-electron chi connectivity index (χ3n) is 3.41. The summed E-state index contributed by atoms with van der Waals surface area (Å²) >= 11 is 0. The summed E-state index contributed by atoms with van der Waals surface area (Å²) in [6.07, 6.45) is 4.24. The van der Waals surface area contributed by atoms with Crippen molar-refractivity contribution in [3.63, 3.8) is 0 Å². The third-order valence-corrected chi connectivity index (χ3v) is 3.41. The minimum absolute atomic E-state index is 0.310. The molecule has 2 heterocycles. The average molecular weight is 272 g/mol. The zero-order valence-electron chi connectivity index (χ0n) is 12.1. The number of nitrogens with zero attached hydrogens (tertiary/aromatic N) is 3. The quantitative estimate of drug-likeness (QED) is 0.900. The molecule has 0 atom stereocenters. The molecule has 0 aliphatic heterocycles. The van der Waals surface area contributed by atoms with Crippen molar-refractivity contribution in [3.8, 4) is 0 Å². The number of imidazole rings is 1. The first kappa shape index (κ1) is 14.2. The van der Waals surface area contributed by atoms with Crippen LogP contribution in [0.2, 0.25) is 0 Å². The lowest BCUT2D eigenvalue weighted by Crippen LogP contribution is -2.33. The summed E-state index contributed by atoms with van der Waals surface area (Å²) in [5.74, 6) is 0.643. The van der Waals surface area contributed by atoms with Gasteiger partial charge < -0.3 is 10.3 Å². The highest BCUT2D eigenvalue weighted by Gasteiger charge is 2.25. The summed E-state index contributed by atoms with van der Waals surface area (Å²) in [7, 11) is 0. The number of nitrogens with two attached hydrogens (primary N) is 1. The molecule has 2 rings (SSSR count). The van der Waals surface area contributed by atoms with E-state index < -0.39 is 5.41 Å². The predicted molar refractivity (Wildman–Crippen MR) is 77.0 cm³/mol. The van der Waals surface area contributed by atoms with Gasteiger partial charge in [0.25, 0.3) is 0 Å². The van der Waals surface area contributed by atoms with E-state index in [2.05, 4.69) is 9.97 Å². The van der Waals surface area contributed by atoms with Gasteiger partial charge in [-0.25, -0.2) is 4.98 Å². The molecule has 5 nitrogen and oxygen atoms in total. The zero-order chi connectivity index (χ0) is 14.8. The van der Waals surface area contributed by atoms with E-state index in [1.54, 1.807) is 6.20 Å². The lowest BCUT2D eigenvalue weighted by Gasteiger charge is -2.20. The topological polar surface area (TPSA) is 73.8 Å². The molecule has 0 fully saturated rings. The number of pyridine rings is 1. The number of amides is 1. The van der Waals surface area contributed by atoms with Crippen LogP contribution in [0.3, 0.4) is 0 Å². The molecule has 2 aromatic heterocycles. The van der Waals surface area contributed by atoms with E-state index in [0.717, 1.165) is 17.2 Å². The molecule has 20 heavy (non-hydrogen) atoms. The molecule has 0 spiro atoms. The van der Waals surface area contributed by atoms with Crippen LogP contribution < -0.4 is 5.73 Å². The second-order valence-corrected chi connectivity index (χ2v) is 5.65. The van der Waals surface area contributed by atoms with Crippen LogP contribution in [-0.4, -0.2) is 20.4 Å². The van der Waals surface area contributed by atoms with Crippen LogP contribution in [0, 0.1) is 12.3 Å². The van der Waals surface area contributed by atoms with Crippen molar-refractivity contribution in [2.24, 2.45) is 11.1 Å². The van der Waals surface area contributed by atoms with E-state index in [4.69, 9.17) is 5.73 Å². The minimum Gasteiger partial charge on any atom is -0.369 e. The highest BCUT2D eigenvalue weighted by Crippen LogP contribution is 2.20. The maximum atomic E-state index is 11.4. The first-order valence-corrected chi connectivity index (χ1v) is 6.61. The molecule has 0 saturated carbocycles. The Kier molecular flexibility index (Phi) is 3.88. The largest absolute Gasteiger partial charge is 0.369 e. The number of aromatic nitrogens is 3. The van der Waals surface area contributed by atoms with Gasteiger partial charge in [-0.05, 0) is 19.1 Å². The Hall–Kier alpha value is -2.17. The number of hydrogen-bond acceptors (Lipinski definition) is 3. The van der Waals surface area contributed by atoms with Gasteiger partial charge in [0.15, 0.2) is 0 Å². The maximum Gasteiger partial charge on any atom is 0.223 e. The summed E-state index contributed by atoms with van der Waals surface area (Å²) in [4.78, 5) is 20.2. The first-order chi connectivity index (χ1) is 9.38. The first-order valence-electron chi connectivity index (χ1n) is 6.61. The van der Waals surface area contributed by atoms with Gasteiger partial charge in [0.1, 0.15) is 5.82 Å². The third kappa shape index (κ3) is 3.23.